The molecule has 6 heteroatoms. The highest BCUT2D eigenvalue weighted by molar-refractivity contribution is 6.31. The molecule has 0 spiro atoms. The van der Waals surface area contributed by atoms with Crippen LogP contribution in [-0.2, 0) is 9.53 Å². The molecule has 1 aliphatic heterocycles. The van der Waals surface area contributed by atoms with Gasteiger partial charge in [0.25, 0.3) is 5.91 Å². The summed E-state index contributed by atoms with van der Waals surface area (Å²) in [5, 5.41) is 1.46. The second kappa shape index (κ2) is 4.83. The van der Waals surface area contributed by atoms with Crippen LogP contribution < -0.4 is 0 Å². The third-order valence-electron chi connectivity index (χ3n) is 3.43. The molecule has 0 saturated carbocycles. The Labute approximate surface area is 120 Å². The summed E-state index contributed by atoms with van der Waals surface area (Å²) in [6.45, 7) is 0.610. The van der Waals surface area contributed by atoms with Crippen molar-refractivity contribution in [2.75, 3.05) is 13.6 Å². The minimum absolute atomic E-state index is 0.155. The van der Waals surface area contributed by atoms with Crippen molar-refractivity contribution in [3.63, 3.8) is 0 Å². The van der Waals surface area contributed by atoms with Gasteiger partial charge in [0.1, 0.15) is 5.69 Å². The largest absolute Gasteiger partial charge is 0.448 e. The minimum atomic E-state index is -0.678. The number of carbonyl (C=O) groups is 2. The lowest BCUT2D eigenvalue weighted by Gasteiger charge is -2.10. The van der Waals surface area contributed by atoms with Gasteiger partial charge in [-0.3, -0.25) is 4.79 Å². The van der Waals surface area contributed by atoms with Gasteiger partial charge in [0.05, 0.1) is 0 Å². The SMILES string of the molecule is CN1CCC(OC(=O)c2cc3ccc(Cl)cc3[nH]2)C1=O. The molecule has 1 fully saturated rings. The molecular weight excluding hydrogens is 280 g/mol. The third kappa shape index (κ3) is 2.25. The Kier molecular flexibility index (Phi) is 3.14. The molecule has 3 rings (SSSR count). The smallest absolute Gasteiger partial charge is 0.355 e. The van der Waals surface area contributed by atoms with Crippen LogP contribution in [0.15, 0.2) is 24.3 Å². The van der Waals surface area contributed by atoms with E-state index in [-0.39, 0.29) is 5.91 Å². The molecule has 1 aliphatic rings. The lowest BCUT2D eigenvalue weighted by Crippen LogP contribution is -2.29. The first-order valence-electron chi connectivity index (χ1n) is 6.29. The van der Waals surface area contributed by atoms with Crippen LogP contribution in [0.2, 0.25) is 5.02 Å². The first-order valence-corrected chi connectivity index (χ1v) is 6.66. The number of hydrogen-bond acceptors (Lipinski definition) is 3. The van der Waals surface area contributed by atoms with Crippen molar-refractivity contribution in [1.29, 1.82) is 0 Å². The standard InChI is InChI=1S/C14H13ClN2O3/c1-17-5-4-12(13(17)18)20-14(19)11-6-8-2-3-9(15)7-10(8)16-11/h2-3,6-7,12,16H,4-5H2,1H3. The molecular formula is C14H13ClN2O3. The molecule has 0 aliphatic carbocycles. The summed E-state index contributed by atoms with van der Waals surface area (Å²) in [4.78, 5) is 28.3. The molecule has 1 atom stereocenters. The fraction of sp³-hybridized carbons (Fsp3) is 0.286. The lowest BCUT2D eigenvalue weighted by atomic mass is 10.2. The first kappa shape index (κ1) is 13.0. The Hall–Kier alpha value is -2.01. The molecule has 1 N–H and O–H groups in total. The molecule has 0 bridgehead atoms. The van der Waals surface area contributed by atoms with Gasteiger partial charge >= 0.3 is 5.97 Å². The molecule has 0 radical (unpaired) electrons. The van der Waals surface area contributed by atoms with E-state index in [9.17, 15) is 9.59 Å². The van der Waals surface area contributed by atoms with E-state index in [4.69, 9.17) is 16.3 Å². The second-order valence-corrected chi connectivity index (χ2v) is 5.29. The topological polar surface area (TPSA) is 62.4 Å². The Bertz CT molecular complexity index is 695. The lowest BCUT2D eigenvalue weighted by molar-refractivity contribution is -0.133. The number of carbonyl (C=O) groups excluding carboxylic acids is 2. The molecule has 2 aromatic rings. The van der Waals surface area contributed by atoms with E-state index in [1.807, 2.05) is 6.07 Å². The van der Waals surface area contributed by atoms with Crippen LogP contribution in [0.4, 0.5) is 0 Å². The number of hydrogen-bond donors (Lipinski definition) is 1. The maximum Gasteiger partial charge on any atom is 0.355 e. The molecule has 1 aromatic carbocycles. The summed E-state index contributed by atoms with van der Waals surface area (Å²) in [5.74, 6) is -0.677. The van der Waals surface area contributed by atoms with Gasteiger partial charge in [0, 0.05) is 35.9 Å². The highest BCUT2D eigenvalue weighted by atomic mass is 35.5. The van der Waals surface area contributed by atoms with Gasteiger partial charge in [0.15, 0.2) is 6.10 Å². The third-order valence-corrected chi connectivity index (χ3v) is 3.67. The first-order chi connectivity index (χ1) is 9.54. The Morgan fingerprint density at radius 2 is 2.25 bits per heavy atom. The van der Waals surface area contributed by atoms with Gasteiger partial charge in [-0.2, -0.15) is 0 Å². The number of ether oxygens (including phenoxy) is 1. The average molecular weight is 293 g/mol. The van der Waals surface area contributed by atoms with Crippen molar-refractivity contribution in [2.24, 2.45) is 0 Å². The number of likely N-dealkylation sites (N-methyl/N-ethyl adjacent to an activating group) is 1. The number of rotatable bonds is 2. The number of aromatic nitrogens is 1. The fourth-order valence-electron chi connectivity index (χ4n) is 2.30. The van der Waals surface area contributed by atoms with E-state index in [1.165, 1.54) is 0 Å². The zero-order valence-electron chi connectivity index (χ0n) is 10.9. The highest BCUT2D eigenvalue weighted by Gasteiger charge is 2.32. The number of benzene rings is 1. The Morgan fingerprint density at radius 3 is 2.95 bits per heavy atom. The molecule has 2 heterocycles. The summed E-state index contributed by atoms with van der Waals surface area (Å²) in [6.07, 6.45) is -0.143. The predicted octanol–water partition coefficient (Wildman–Crippen LogP) is 2.21. The zero-order valence-corrected chi connectivity index (χ0v) is 11.6. The van der Waals surface area contributed by atoms with E-state index < -0.39 is 12.1 Å². The van der Waals surface area contributed by atoms with E-state index in [0.29, 0.717) is 23.7 Å². The number of nitrogens with zero attached hydrogens (tertiary/aromatic N) is 1. The van der Waals surface area contributed by atoms with Gasteiger partial charge in [-0.1, -0.05) is 17.7 Å². The second-order valence-electron chi connectivity index (χ2n) is 4.86. The van der Waals surface area contributed by atoms with E-state index in [1.54, 1.807) is 30.1 Å². The van der Waals surface area contributed by atoms with Crippen molar-refractivity contribution in [2.45, 2.75) is 12.5 Å². The number of H-pyrrole nitrogens is 1. The van der Waals surface area contributed by atoms with Crippen LogP contribution in [0.5, 0.6) is 0 Å². The van der Waals surface area contributed by atoms with Crippen LogP contribution in [0.25, 0.3) is 10.9 Å². The molecule has 5 nitrogen and oxygen atoms in total. The highest BCUT2D eigenvalue weighted by Crippen LogP contribution is 2.21. The van der Waals surface area contributed by atoms with Gasteiger partial charge in [-0.15, -0.1) is 0 Å². The number of nitrogens with one attached hydrogen (secondary N) is 1. The van der Waals surface area contributed by atoms with E-state index in [2.05, 4.69) is 4.98 Å². The Morgan fingerprint density at radius 1 is 1.45 bits per heavy atom. The van der Waals surface area contributed by atoms with Crippen LogP contribution in [0.3, 0.4) is 0 Å². The predicted molar refractivity (Wildman–Crippen MR) is 74.8 cm³/mol. The van der Waals surface area contributed by atoms with Crippen molar-refractivity contribution in [3.8, 4) is 0 Å². The number of aromatic amines is 1. The van der Waals surface area contributed by atoms with E-state index in [0.717, 1.165) is 10.9 Å². The normalized spacial score (nSPS) is 18.8. The molecule has 1 saturated heterocycles. The summed E-state index contributed by atoms with van der Waals surface area (Å²) < 4.78 is 5.25. The van der Waals surface area contributed by atoms with Crippen LogP contribution >= 0.6 is 11.6 Å². The minimum Gasteiger partial charge on any atom is -0.448 e. The summed E-state index contributed by atoms with van der Waals surface area (Å²) >= 11 is 5.89. The summed E-state index contributed by atoms with van der Waals surface area (Å²) in [7, 11) is 1.70. The van der Waals surface area contributed by atoms with Crippen molar-refractivity contribution < 1.29 is 14.3 Å². The summed E-state index contributed by atoms with van der Waals surface area (Å²) in [6, 6.07) is 7.00. The van der Waals surface area contributed by atoms with Crippen LogP contribution in [-0.4, -0.2) is 41.5 Å². The number of likely N-dealkylation sites (tertiary alicyclic amines) is 1. The van der Waals surface area contributed by atoms with Crippen molar-refractivity contribution in [3.05, 3.63) is 35.0 Å². The van der Waals surface area contributed by atoms with Gasteiger partial charge in [0.2, 0.25) is 0 Å². The van der Waals surface area contributed by atoms with Crippen molar-refractivity contribution >= 4 is 34.4 Å². The molecule has 104 valence electrons. The Balaban J connectivity index is 1.80. The monoisotopic (exact) mass is 292 g/mol. The van der Waals surface area contributed by atoms with Gasteiger partial charge in [-0.25, -0.2) is 4.79 Å². The quantitative estimate of drug-likeness (QED) is 0.863. The zero-order chi connectivity index (χ0) is 14.3. The number of halogens is 1. The van der Waals surface area contributed by atoms with Crippen LogP contribution in [0.1, 0.15) is 16.9 Å². The maximum atomic E-state index is 12.1. The molecule has 20 heavy (non-hydrogen) atoms. The van der Waals surface area contributed by atoms with E-state index >= 15 is 0 Å². The maximum absolute atomic E-state index is 12.1. The van der Waals surface area contributed by atoms with Gasteiger partial charge < -0.3 is 14.6 Å². The number of esters is 1. The molecule has 1 amide bonds. The summed E-state index contributed by atoms with van der Waals surface area (Å²) in [5.41, 5.74) is 1.09. The average Bonchev–Trinajstić information content (AvgIpc) is 2.96. The van der Waals surface area contributed by atoms with Crippen molar-refractivity contribution in [1.82, 2.24) is 9.88 Å². The number of fused-ring (bicyclic) bond motifs is 1. The number of amides is 1. The molecule has 1 unspecified atom stereocenters. The fourth-order valence-corrected chi connectivity index (χ4v) is 2.47. The van der Waals surface area contributed by atoms with Gasteiger partial charge in [-0.05, 0) is 18.2 Å². The molecule has 1 aromatic heterocycles. The van der Waals surface area contributed by atoms with Crippen LogP contribution in [0, 0.1) is 0 Å².